The van der Waals surface area contributed by atoms with Crippen molar-refractivity contribution in [1.29, 1.82) is 0 Å². The van der Waals surface area contributed by atoms with E-state index < -0.39 is 41.2 Å². The van der Waals surface area contributed by atoms with Crippen molar-refractivity contribution in [2.75, 3.05) is 26.9 Å². The Morgan fingerprint density at radius 2 is 1.87 bits per heavy atom. The van der Waals surface area contributed by atoms with Gasteiger partial charge in [-0.1, -0.05) is 26.7 Å². The Hall–Kier alpha value is -2.01. The zero-order valence-corrected chi connectivity index (χ0v) is 18.0. The normalized spacial score (nSPS) is 28.3. The number of aryl methyl sites for hydroxylation is 1. The first-order chi connectivity index (χ1) is 14.4. The van der Waals surface area contributed by atoms with E-state index in [1.165, 1.54) is 17.8 Å². The van der Waals surface area contributed by atoms with Gasteiger partial charge in [0.25, 0.3) is 11.5 Å². The molecular formula is C20H31N3O7. The molecule has 2 fully saturated rings. The first kappa shape index (κ1) is 22.7. The monoisotopic (exact) mass is 425 g/mol. The number of H-pyrrole nitrogens is 1. The Bertz CT molecular complexity index is 867. The summed E-state index contributed by atoms with van der Waals surface area (Å²) in [5, 5.41) is 1.12. The smallest absolute Gasteiger partial charge is 0.330 e. The maximum Gasteiger partial charge on any atom is 0.330 e. The number of carbonyl (C=O) groups excluding carboxylic acids is 1. The molecule has 4 atom stereocenters. The van der Waals surface area contributed by atoms with E-state index >= 15 is 0 Å². The number of aromatic nitrogens is 2. The van der Waals surface area contributed by atoms with Gasteiger partial charge in [-0.15, -0.1) is 0 Å². The lowest BCUT2D eigenvalue weighted by atomic mass is 9.93. The van der Waals surface area contributed by atoms with Crippen molar-refractivity contribution in [2.45, 2.75) is 70.5 Å². The number of aromatic amines is 1. The summed E-state index contributed by atoms with van der Waals surface area (Å²) < 4.78 is 19.3. The van der Waals surface area contributed by atoms with E-state index in [1.54, 1.807) is 6.92 Å². The van der Waals surface area contributed by atoms with Crippen LogP contribution < -0.4 is 11.2 Å². The third kappa shape index (κ3) is 4.09. The SMILES string of the molecule is CCCCOC[C@]12O[C@@H](n3cc(C)c(=O)[nH]c3=O)[C@@H](ON(C)C1=O)C2OCCCC. The molecule has 30 heavy (non-hydrogen) atoms. The van der Waals surface area contributed by atoms with E-state index in [-0.39, 0.29) is 6.61 Å². The summed E-state index contributed by atoms with van der Waals surface area (Å²) in [6.45, 7) is 6.57. The summed E-state index contributed by atoms with van der Waals surface area (Å²) >= 11 is 0. The van der Waals surface area contributed by atoms with Crippen molar-refractivity contribution in [3.63, 3.8) is 0 Å². The molecule has 0 saturated carbocycles. The molecule has 10 heteroatoms. The second-order valence-electron chi connectivity index (χ2n) is 7.80. The topological polar surface area (TPSA) is 112 Å². The van der Waals surface area contributed by atoms with Gasteiger partial charge in [0.2, 0.25) is 5.60 Å². The summed E-state index contributed by atoms with van der Waals surface area (Å²) in [4.78, 5) is 45.5. The van der Waals surface area contributed by atoms with E-state index in [0.717, 1.165) is 30.7 Å². The summed E-state index contributed by atoms with van der Waals surface area (Å²) in [6.07, 6.45) is 2.48. The lowest BCUT2D eigenvalue weighted by Gasteiger charge is -2.40. The number of nitrogens with zero attached hydrogens (tertiary/aromatic N) is 2. The van der Waals surface area contributed by atoms with E-state index in [1.807, 2.05) is 6.92 Å². The molecule has 0 aliphatic carbocycles. The number of likely N-dealkylation sites (N-methyl/N-ethyl adjacent to an activating group) is 1. The second-order valence-corrected chi connectivity index (χ2v) is 7.80. The molecule has 0 radical (unpaired) electrons. The highest BCUT2D eigenvalue weighted by Crippen LogP contribution is 2.45. The van der Waals surface area contributed by atoms with Crippen molar-refractivity contribution >= 4 is 5.91 Å². The number of rotatable bonds is 10. The van der Waals surface area contributed by atoms with Gasteiger partial charge in [-0.2, -0.15) is 0 Å². The fourth-order valence-corrected chi connectivity index (χ4v) is 3.76. The van der Waals surface area contributed by atoms with Gasteiger partial charge in [-0.05, 0) is 19.8 Å². The maximum atomic E-state index is 13.2. The van der Waals surface area contributed by atoms with Crippen LogP contribution in [0.15, 0.2) is 15.8 Å². The van der Waals surface area contributed by atoms with Crippen LogP contribution in [-0.4, -0.2) is 65.2 Å². The zero-order chi connectivity index (χ0) is 21.9. The number of amides is 1. The third-order valence-electron chi connectivity index (χ3n) is 5.47. The van der Waals surface area contributed by atoms with E-state index in [2.05, 4.69) is 11.9 Å². The Kier molecular flexibility index (Phi) is 7.12. The Morgan fingerprint density at radius 1 is 1.17 bits per heavy atom. The van der Waals surface area contributed by atoms with Crippen LogP contribution in [0, 0.1) is 6.92 Å². The standard InChI is InChI=1S/C20H31N3O7/c1-5-7-9-27-12-20-15(28-10-8-6-2)14(30-22(4)18(20)25)17(29-20)23-11-13(3)16(24)21-19(23)26/h11,14-15,17H,5-10,12H2,1-4H3,(H,21,24,26)/t14-,15?,17+,20+/m0/s1. The lowest BCUT2D eigenvalue weighted by Crippen LogP contribution is -2.64. The Morgan fingerprint density at radius 3 is 2.57 bits per heavy atom. The fraction of sp³-hybridized carbons (Fsp3) is 0.750. The summed E-state index contributed by atoms with van der Waals surface area (Å²) in [5.74, 6) is -0.423. The van der Waals surface area contributed by atoms with Crippen LogP contribution in [0.2, 0.25) is 0 Å². The number of hydrogen-bond donors (Lipinski definition) is 1. The van der Waals surface area contributed by atoms with Gasteiger partial charge >= 0.3 is 5.69 Å². The van der Waals surface area contributed by atoms with Crippen LogP contribution in [-0.2, 0) is 23.8 Å². The van der Waals surface area contributed by atoms with Gasteiger partial charge in [0.1, 0.15) is 6.10 Å². The van der Waals surface area contributed by atoms with Gasteiger partial charge in [0.05, 0.1) is 6.61 Å². The first-order valence-electron chi connectivity index (χ1n) is 10.5. The fourth-order valence-electron chi connectivity index (χ4n) is 3.76. The van der Waals surface area contributed by atoms with Crippen LogP contribution >= 0.6 is 0 Å². The molecule has 1 N–H and O–H groups in total. The molecule has 2 bridgehead atoms. The molecule has 2 aliphatic rings. The number of unbranched alkanes of at least 4 members (excludes halogenated alkanes) is 2. The van der Waals surface area contributed by atoms with Crippen molar-refractivity contribution < 1.29 is 23.8 Å². The van der Waals surface area contributed by atoms with Gasteiger partial charge in [-0.25, -0.2) is 9.86 Å². The van der Waals surface area contributed by atoms with Crippen LogP contribution in [0.25, 0.3) is 0 Å². The number of hydrogen-bond acceptors (Lipinski definition) is 7. The van der Waals surface area contributed by atoms with Gasteiger partial charge < -0.3 is 14.2 Å². The van der Waals surface area contributed by atoms with Crippen molar-refractivity contribution in [3.05, 3.63) is 32.6 Å². The Labute approximate surface area is 175 Å². The molecule has 3 heterocycles. The molecule has 168 valence electrons. The minimum Gasteiger partial charge on any atom is -0.378 e. The highest BCUT2D eigenvalue weighted by atomic mass is 16.7. The Balaban J connectivity index is 1.99. The molecule has 1 amide bonds. The molecule has 3 rings (SSSR count). The molecule has 1 aromatic heterocycles. The largest absolute Gasteiger partial charge is 0.378 e. The van der Waals surface area contributed by atoms with Crippen molar-refractivity contribution in [1.82, 2.24) is 14.6 Å². The lowest BCUT2D eigenvalue weighted by molar-refractivity contribution is -0.254. The molecule has 1 aromatic rings. The molecule has 0 spiro atoms. The van der Waals surface area contributed by atoms with Crippen LogP contribution in [0.5, 0.6) is 0 Å². The van der Waals surface area contributed by atoms with Crippen molar-refractivity contribution in [3.8, 4) is 0 Å². The first-order valence-corrected chi connectivity index (χ1v) is 10.5. The van der Waals surface area contributed by atoms with E-state index in [4.69, 9.17) is 19.0 Å². The molecule has 2 saturated heterocycles. The van der Waals surface area contributed by atoms with Gasteiger partial charge in [-0.3, -0.25) is 24.0 Å². The van der Waals surface area contributed by atoms with Crippen molar-refractivity contribution in [2.24, 2.45) is 0 Å². The van der Waals surface area contributed by atoms with E-state index in [9.17, 15) is 14.4 Å². The molecule has 1 unspecified atom stereocenters. The molecule has 2 aliphatic heterocycles. The zero-order valence-electron chi connectivity index (χ0n) is 18.0. The number of fused-ring (bicyclic) bond motifs is 2. The minimum absolute atomic E-state index is 0.0135. The molecule has 10 nitrogen and oxygen atoms in total. The van der Waals surface area contributed by atoms with E-state index in [0.29, 0.717) is 18.8 Å². The summed E-state index contributed by atoms with van der Waals surface area (Å²) in [7, 11) is 1.50. The second kappa shape index (κ2) is 9.42. The number of carbonyl (C=O) groups is 1. The predicted molar refractivity (Wildman–Crippen MR) is 107 cm³/mol. The predicted octanol–water partition coefficient (Wildman–Crippen LogP) is 0.887. The average Bonchev–Trinajstić information content (AvgIpc) is 2.96. The third-order valence-corrected chi connectivity index (χ3v) is 5.47. The highest BCUT2D eigenvalue weighted by molar-refractivity contribution is 5.86. The number of hydroxylamine groups is 2. The quantitative estimate of drug-likeness (QED) is 0.554. The highest BCUT2D eigenvalue weighted by Gasteiger charge is 2.67. The van der Waals surface area contributed by atoms with Crippen LogP contribution in [0.3, 0.4) is 0 Å². The average molecular weight is 425 g/mol. The molecular weight excluding hydrogens is 394 g/mol. The molecule has 0 aromatic carbocycles. The van der Waals surface area contributed by atoms with Crippen LogP contribution in [0.1, 0.15) is 51.3 Å². The number of nitrogens with one attached hydrogen (secondary N) is 1. The summed E-state index contributed by atoms with van der Waals surface area (Å²) in [6, 6.07) is 0. The van der Waals surface area contributed by atoms with Crippen LogP contribution in [0.4, 0.5) is 0 Å². The van der Waals surface area contributed by atoms with Gasteiger partial charge in [0, 0.05) is 32.0 Å². The summed E-state index contributed by atoms with van der Waals surface area (Å²) in [5.41, 5.74) is -2.21. The maximum absolute atomic E-state index is 13.2. The number of ether oxygens (including phenoxy) is 3. The van der Waals surface area contributed by atoms with Gasteiger partial charge in [0.15, 0.2) is 12.3 Å². The minimum atomic E-state index is -1.44.